The van der Waals surface area contributed by atoms with E-state index in [1.165, 1.54) is 24.4 Å². The van der Waals surface area contributed by atoms with Crippen LogP contribution in [0.15, 0.2) is 55.0 Å². The maximum atomic E-state index is 12.5. The van der Waals surface area contributed by atoms with Crippen molar-refractivity contribution >= 4 is 11.6 Å². The normalized spacial score (nSPS) is 11.2. The van der Waals surface area contributed by atoms with Crippen LogP contribution in [0, 0.1) is 0 Å². The molecule has 2 heterocycles. The van der Waals surface area contributed by atoms with E-state index in [-0.39, 0.29) is 12.0 Å². The molecule has 0 aliphatic carbocycles. The molecule has 0 saturated heterocycles. The van der Waals surface area contributed by atoms with Gasteiger partial charge in [0, 0.05) is 23.5 Å². The van der Waals surface area contributed by atoms with E-state index in [2.05, 4.69) is 25.2 Å². The van der Waals surface area contributed by atoms with Gasteiger partial charge in [0.15, 0.2) is 0 Å². The van der Waals surface area contributed by atoms with Crippen LogP contribution in [0.5, 0.6) is 5.75 Å². The number of ether oxygens (including phenoxy) is 1. The highest BCUT2D eigenvalue weighted by atomic mass is 19.4. The van der Waals surface area contributed by atoms with Crippen LogP contribution in [0.4, 0.5) is 18.9 Å². The Morgan fingerprint density at radius 1 is 1.15 bits per heavy atom. The smallest absolute Gasteiger partial charge is 0.405 e. The third-order valence-corrected chi connectivity index (χ3v) is 3.41. The average Bonchev–Trinajstić information content (AvgIpc) is 3.04. The monoisotopic (exact) mass is 362 g/mol. The fraction of sp³-hybridized carbons (Fsp3) is 0.118. The third kappa shape index (κ3) is 4.38. The minimum absolute atomic E-state index is 0.119. The number of carbonyl (C=O) groups is 1. The van der Waals surface area contributed by atoms with E-state index in [9.17, 15) is 18.0 Å². The molecule has 0 spiro atoms. The second kappa shape index (κ2) is 7.26. The number of carbonyl (C=O) groups excluding carboxylic acids is 1. The third-order valence-electron chi connectivity index (χ3n) is 3.41. The number of H-pyrrole nitrogens is 1. The number of hydrogen-bond donors (Lipinski definition) is 2. The molecule has 0 saturated carbocycles. The molecule has 1 amide bonds. The first-order chi connectivity index (χ1) is 12.4. The number of aromatic amines is 1. The molecule has 0 aliphatic rings. The molecule has 0 radical (unpaired) electrons. The molecule has 0 unspecified atom stereocenters. The molecule has 0 bridgehead atoms. The summed E-state index contributed by atoms with van der Waals surface area (Å²) in [5.41, 5.74) is 1.78. The van der Waals surface area contributed by atoms with Gasteiger partial charge in [-0.05, 0) is 18.2 Å². The lowest BCUT2D eigenvalue weighted by molar-refractivity contribution is -0.274. The summed E-state index contributed by atoms with van der Waals surface area (Å²) in [6, 6.07) is 9.01. The van der Waals surface area contributed by atoms with Crippen molar-refractivity contribution in [2.24, 2.45) is 0 Å². The van der Waals surface area contributed by atoms with E-state index in [4.69, 9.17) is 0 Å². The van der Waals surface area contributed by atoms with Crippen molar-refractivity contribution in [2.45, 2.75) is 12.8 Å². The Kier molecular flexibility index (Phi) is 4.87. The lowest BCUT2D eigenvalue weighted by atomic mass is 10.1. The van der Waals surface area contributed by atoms with Crippen molar-refractivity contribution in [3.8, 4) is 17.0 Å². The highest BCUT2D eigenvalue weighted by Gasteiger charge is 2.32. The zero-order valence-corrected chi connectivity index (χ0v) is 13.2. The van der Waals surface area contributed by atoms with Crippen LogP contribution in [0.3, 0.4) is 0 Å². The molecule has 134 valence electrons. The van der Waals surface area contributed by atoms with Gasteiger partial charge in [-0.15, -0.1) is 13.2 Å². The van der Waals surface area contributed by atoms with Crippen molar-refractivity contribution < 1.29 is 22.7 Å². The van der Waals surface area contributed by atoms with Crippen LogP contribution >= 0.6 is 0 Å². The Hall–Kier alpha value is -3.36. The van der Waals surface area contributed by atoms with Crippen LogP contribution in [0.1, 0.15) is 5.56 Å². The number of nitrogens with zero attached hydrogens (tertiary/aromatic N) is 2. The number of amides is 1. The number of nitrogens with one attached hydrogen (secondary N) is 2. The summed E-state index contributed by atoms with van der Waals surface area (Å²) < 4.78 is 41.3. The van der Waals surface area contributed by atoms with Crippen molar-refractivity contribution in [1.29, 1.82) is 0 Å². The standard InChI is InChI=1S/C17H13F3N4O2/c18-17(19,20)26-14-6-2-1-4-11(14)8-15(25)23-13-10-22-24-16(13)12-5-3-7-21-9-12/h1-7,9-10H,8H2,(H,22,24)(H,23,25). The van der Waals surface area contributed by atoms with Crippen molar-refractivity contribution in [3.63, 3.8) is 0 Å². The lowest BCUT2D eigenvalue weighted by Crippen LogP contribution is -2.20. The maximum absolute atomic E-state index is 12.5. The van der Waals surface area contributed by atoms with E-state index < -0.39 is 18.0 Å². The topological polar surface area (TPSA) is 79.9 Å². The zero-order valence-electron chi connectivity index (χ0n) is 13.2. The first-order valence-electron chi connectivity index (χ1n) is 7.49. The number of benzene rings is 1. The summed E-state index contributed by atoms with van der Waals surface area (Å²) in [5.74, 6) is -0.912. The molecule has 1 aromatic carbocycles. The second-order valence-corrected chi connectivity index (χ2v) is 5.28. The van der Waals surface area contributed by atoms with Gasteiger partial charge in [-0.3, -0.25) is 14.9 Å². The Balaban J connectivity index is 1.75. The van der Waals surface area contributed by atoms with Gasteiger partial charge >= 0.3 is 6.36 Å². The summed E-state index contributed by atoms with van der Waals surface area (Å²) in [5, 5.41) is 9.27. The molecule has 2 aromatic heterocycles. The van der Waals surface area contributed by atoms with Crippen LogP contribution in [0.2, 0.25) is 0 Å². The first kappa shape index (κ1) is 17.5. The van der Waals surface area contributed by atoms with Gasteiger partial charge in [0.2, 0.25) is 5.91 Å². The molecule has 6 nitrogen and oxygen atoms in total. The zero-order chi connectivity index (χ0) is 18.6. The molecular weight excluding hydrogens is 349 g/mol. The summed E-state index contributed by atoms with van der Waals surface area (Å²) in [7, 11) is 0. The number of para-hydroxylation sites is 1. The van der Waals surface area contributed by atoms with Gasteiger partial charge in [0.1, 0.15) is 5.75 Å². The Labute approximate surface area is 146 Å². The van der Waals surface area contributed by atoms with Gasteiger partial charge in [0.05, 0.1) is 24.0 Å². The maximum Gasteiger partial charge on any atom is 0.573 e. The average molecular weight is 362 g/mol. The molecule has 0 atom stereocenters. The summed E-state index contributed by atoms with van der Waals surface area (Å²) in [6.45, 7) is 0. The summed E-state index contributed by atoms with van der Waals surface area (Å²) in [6.07, 6.45) is -0.502. The van der Waals surface area contributed by atoms with Crippen molar-refractivity contribution in [1.82, 2.24) is 15.2 Å². The number of anilines is 1. The fourth-order valence-electron chi connectivity index (χ4n) is 2.35. The predicted octanol–water partition coefficient (Wildman–Crippen LogP) is 3.55. The lowest BCUT2D eigenvalue weighted by Gasteiger charge is -2.13. The SMILES string of the molecule is O=C(Cc1ccccc1OC(F)(F)F)Nc1cn[nH]c1-c1cccnc1. The van der Waals surface area contributed by atoms with Crippen molar-refractivity contribution in [2.75, 3.05) is 5.32 Å². The highest BCUT2D eigenvalue weighted by molar-refractivity contribution is 5.95. The number of aromatic nitrogens is 3. The molecule has 2 N–H and O–H groups in total. The van der Waals surface area contributed by atoms with Gasteiger partial charge in [0.25, 0.3) is 0 Å². The van der Waals surface area contributed by atoms with Crippen LogP contribution in [0.25, 0.3) is 11.3 Å². The molecule has 3 aromatic rings. The number of alkyl halides is 3. The molecule has 0 fully saturated rings. The van der Waals surface area contributed by atoms with Crippen molar-refractivity contribution in [3.05, 3.63) is 60.6 Å². The Bertz CT molecular complexity index is 894. The minimum atomic E-state index is -4.83. The molecule has 9 heteroatoms. The van der Waals surface area contributed by atoms with Gasteiger partial charge in [-0.1, -0.05) is 18.2 Å². The summed E-state index contributed by atoms with van der Waals surface area (Å²) in [4.78, 5) is 16.3. The van der Waals surface area contributed by atoms with Gasteiger partial charge in [-0.25, -0.2) is 0 Å². The minimum Gasteiger partial charge on any atom is -0.405 e. The van der Waals surface area contributed by atoms with Crippen LogP contribution < -0.4 is 10.1 Å². The van der Waals surface area contributed by atoms with Crippen LogP contribution in [-0.4, -0.2) is 27.5 Å². The number of halogens is 3. The first-order valence-corrected chi connectivity index (χ1v) is 7.49. The summed E-state index contributed by atoms with van der Waals surface area (Å²) >= 11 is 0. The van der Waals surface area contributed by atoms with E-state index >= 15 is 0 Å². The fourth-order valence-corrected chi connectivity index (χ4v) is 2.35. The quantitative estimate of drug-likeness (QED) is 0.727. The van der Waals surface area contributed by atoms with Gasteiger partial charge in [-0.2, -0.15) is 5.10 Å². The highest BCUT2D eigenvalue weighted by Crippen LogP contribution is 2.28. The Morgan fingerprint density at radius 3 is 2.69 bits per heavy atom. The Morgan fingerprint density at radius 2 is 1.96 bits per heavy atom. The number of rotatable bonds is 5. The molecule has 26 heavy (non-hydrogen) atoms. The molecular formula is C17H13F3N4O2. The number of hydrogen-bond acceptors (Lipinski definition) is 4. The van der Waals surface area contributed by atoms with E-state index in [0.29, 0.717) is 16.9 Å². The molecule has 3 rings (SSSR count). The second-order valence-electron chi connectivity index (χ2n) is 5.28. The largest absolute Gasteiger partial charge is 0.573 e. The predicted molar refractivity (Wildman–Crippen MR) is 87.3 cm³/mol. The molecule has 0 aliphatic heterocycles. The van der Waals surface area contributed by atoms with E-state index in [1.54, 1.807) is 24.5 Å². The van der Waals surface area contributed by atoms with Crippen LogP contribution in [-0.2, 0) is 11.2 Å². The van der Waals surface area contributed by atoms with Gasteiger partial charge < -0.3 is 10.1 Å². The van der Waals surface area contributed by atoms with E-state index in [0.717, 1.165) is 6.07 Å². The van der Waals surface area contributed by atoms with E-state index in [1.807, 2.05) is 0 Å². The number of pyridine rings is 1.